The summed E-state index contributed by atoms with van der Waals surface area (Å²) in [7, 11) is -3.99. The number of rotatable bonds is 4. The van der Waals surface area contributed by atoms with Crippen molar-refractivity contribution < 1.29 is 12.6 Å². The van der Waals surface area contributed by atoms with Crippen molar-refractivity contribution in [2.75, 3.05) is 0 Å². The Morgan fingerprint density at radius 3 is 1.67 bits per heavy atom. The maximum Gasteiger partial charge on any atom is 0.339 e. The molecule has 0 unspecified atom stereocenters. The molecule has 158 valence electrons. The van der Waals surface area contributed by atoms with Gasteiger partial charge in [-0.15, -0.1) is 0 Å². The smallest absolute Gasteiger partial charge is 0.339 e. The molecule has 0 amide bonds. The van der Waals surface area contributed by atoms with Crippen LogP contribution in [0.3, 0.4) is 0 Å². The summed E-state index contributed by atoms with van der Waals surface area (Å²) in [4.78, 5) is 12.1. The summed E-state index contributed by atoms with van der Waals surface area (Å²) in [5.41, 5.74) is 0.410. The van der Waals surface area contributed by atoms with Crippen molar-refractivity contribution in [2.24, 2.45) is 0 Å². The summed E-state index contributed by atoms with van der Waals surface area (Å²) in [6, 6.07) is 13.5. The van der Waals surface area contributed by atoms with Gasteiger partial charge in [-0.3, -0.25) is 0 Å². The summed E-state index contributed by atoms with van der Waals surface area (Å²) < 4.78 is 25.8. The Hall–Kier alpha value is -1.06. The Morgan fingerprint density at radius 1 is 0.700 bits per heavy atom. The average molecular weight is 548 g/mol. The zero-order valence-corrected chi connectivity index (χ0v) is 19.8. The molecule has 0 fully saturated rings. The second-order valence-electron chi connectivity index (χ2n) is 5.68. The fraction of sp³-hybridized carbons (Fsp3) is 0.118. The van der Waals surface area contributed by atoms with Crippen LogP contribution in [0.25, 0.3) is 11.4 Å². The lowest BCUT2D eigenvalue weighted by atomic mass is 10.2. The Kier molecular flexibility index (Phi) is 6.94. The number of hydrogen-bond acceptors (Lipinski definition) is 6. The number of benzene rings is 2. The van der Waals surface area contributed by atoms with Crippen LogP contribution in [-0.4, -0.2) is 23.4 Å². The van der Waals surface area contributed by atoms with Crippen LogP contribution in [0.2, 0.25) is 0 Å². The Morgan fingerprint density at radius 2 is 1.20 bits per heavy atom. The molecule has 1 aromatic heterocycles. The predicted molar refractivity (Wildman–Crippen MR) is 118 cm³/mol. The van der Waals surface area contributed by atoms with Crippen molar-refractivity contribution in [3.63, 3.8) is 0 Å². The molecule has 0 aliphatic carbocycles. The number of halogens is 6. The van der Waals surface area contributed by atoms with Crippen LogP contribution in [0.15, 0.2) is 59.5 Å². The molecule has 0 radical (unpaired) electrons. The fourth-order valence-electron chi connectivity index (χ4n) is 2.18. The first-order valence-corrected chi connectivity index (χ1v) is 11.5. The molecule has 0 bridgehead atoms. The van der Waals surface area contributed by atoms with E-state index < -0.39 is 17.7 Å². The molecule has 3 aromatic rings. The van der Waals surface area contributed by atoms with Crippen molar-refractivity contribution in [2.45, 2.75) is 12.5 Å². The zero-order chi connectivity index (χ0) is 22.2. The quantitative estimate of drug-likeness (QED) is 0.296. The summed E-state index contributed by atoms with van der Waals surface area (Å²) in [5, 5.41) is 0. The normalized spacial score (nSPS) is 12.6. The highest BCUT2D eigenvalue weighted by Gasteiger charge is 2.34. The van der Waals surface area contributed by atoms with E-state index in [1.807, 2.05) is 0 Å². The van der Waals surface area contributed by atoms with Crippen LogP contribution >= 0.6 is 69.6 Å². The molecule has 2 aromatic carbocycles. The van der Waals surface area contributed by atoms with E-state index in [4.69, 9.17) is 73.8 Å². The molecule has 6 nitrogen and oxygen atoms in total. The molecule has 0 saturated carbocycles. The van der Waals surface area contributed by atoms with E-state index >= 15 is 0 Å². The second-order valence-corrected chi connectivity index (χ2v) is 11.8. The molecule has 0 aliphatic heterocycles. The lowest BCUT2D eigenvalue weighted by Crippen LogP contribution is -2.16. The predicted octanol–water partition coefficient (Wildman–Crippen LogP) is 5.96. The second kappa shape index (κ2) is 8.82. The minimum Gasteiger partial charge on any atom is -0.379 e. The summed E-state index contributed by atoms with van der Waals surface area (Å²) in [5.74, 6) is -0.374. The van der Waals surface area contributed by atoms with Gasteiger partial charge < -0.3 is 4.18 Å². The molecule has 0 atom stereocenters. The molecule has 13 heteroatoms. The van der Waals surface area contributed by atoms with Gasteiger partial charge in [0.2, 0.25) is 7.59 Å². The van der Waals surface area contributed by atoms with Gasteiger partial charge in [0.25, 0.3) is 0 Å². The summed E-state index contributed by atoms with van der Waals surface area (Å²) in [6.07, 6.45) is 0. The van der Waals surface area contributed by atoms with Gasteiger partial charge in [0.1, 0.15) is 10.6 Å². The lowest BCUT2D eigenvalue weighted by molar-refractivity contribution is 0.486. The summed E-state index contributed by atoms with van der Waals surface area (Å²) >= 11 is 35.1. The van der Waals surface area contributed by atoms with Crippen LogP contribution < -0.4 is 4.18 Å². The highest BCUT2D eigenvalue weighted by Crippen LogP contribution is 2.40. The molecular weight excluding hydrogens is 539 g/mol. The van der Waals surface area contributed by atoms with Gasteiger partial charge in [0.15, 0.2) is 17.5 Å². The first-order chi connectivity index (χ1) is 13.9. The maximum absolute atomic E-state index is 12.3. The summed E-state index contributed by atoms with van der Waals surface area (Å²) in [6.45, 7) is 0. The van der Waals surface area contributed by atoms with Crippen molar-refractivity contribution >= 4 is 79.7 Å². The van der Waals surface area contributed by atoms with E-state index in [1.54, 1.807) is 18.2 Å². The van der Waals surface area contributed by atoms with E-state index in [9.17, 15) is 8.42 Å². The third-order valence-corrected chi connectivity index (χ3v) is 5.77. The molecule has 0 N–H and O–H groups in total. The van der Waals surface area contributed by atoms with E-state index in [1.165, 1.54) is 36.4 Å². The topological polar surface area (TPSA) is 82.0 Å². The zero-order valence-electron chi connectivity index (χ0n) is 14.4. The van der Waals surface area contributed by atoms with Gasteiger partial charge >= 0.3 is 10.1 Å². The molecular formula is C17H9Cl6N3O3S. The molecule has 0 spiro atoms. The van der Waals surface area contributed by atoms with Gasteiger partial charge in [-0.1, -0.05) is 87.8 Å². The SMILES string of the molecule is O=S(=O)(Oc1ccc(-c2nc(C(Cl)(Cl)Cl)nc(C(Cl)(Cl)Cl)n2)cc1)c1ccccc1. The first kappa shape index (κ1) is 23.6. The van der Waals surface area contributed by atoms with Gasteiger partial charge in [-0.25, -0.2) is 15.0 Å². The van der Waals surface area contributed by atoms with E-state index in [-0.39, 0.29) is 28.1 Å². The number of nitrogens with zero attached hydrogens (tertiary/aromatic N) is 3. The molecule has 30 heavy (non-hydrogen) atoms. The van der Waals surface area contributed by atoms with Crippen LogP contribution in [0.1, 0.15) is 11.6 Å². The molecule has 1 heterocycles. The average Bonchev–Trinajstić information content (AvgIpc) is 2.67. The van der Waals surface area contributed by atoms with Gasteiger partial charge in [0, 0.05) is 5.56 Å². The molecule has 0 aliphatic rings. The van der Waals surface area contributed by atoms with E-state index in [2.05, 4.69) is 15.0 Å². The maximum atomic E-state index is 12.3. The van der Waals surface area contributed by atoms with Gasteiger partial charge in [0.05, 0.1) is 0 Å². The van der Waals surface area contributed by atoms with Gasteiger partial charge in [-0.05, 0) is 36.4 Å². The highest BCUT2D eigenvalue weighted by molar-refractivity contribution is 7.87. The number of alkyl halides is 6. The largest absolute Gasteiger partial charge is 0.379 e. The molecule has 0 saturated heterocycles. The van der Waals surface area contributed by atoms with E-state index in [0.29, 0.717) is 5.56 Å². The van der Waals surface area contributed by atoms with Gasteiger partial charge in [-0.2, -0.15) is 8.42 Å². The van der Waals surface area contributed by atoms with Crippen LogP contribution in [0.5, 0.6) is 5.75 Å². The standard InChI is InChI=1S/C17H9Cl6N3O3S/c18-16(19,20)14-24-13(25-15(26-14)17(21,22)23)10-6-8-11(9-7-10)29-30(27,28)12-4-2-1-3-5-12/h1-9H. The Bertz CT molecular complexity index is 1120. The van der Waals surface area contributed by atoms with Crippen LogP contribution in [0, 0.1) is 0 Å². The van der Waals surface area contributed by atoms with Crippen molar-refractivity contribution in [1.29, 1.82) is 0 Å². The van der Waals surface area contributed by atoms with E-state index in [0.717, 1.165) is 0 Å². The van der Waals surface area contributed by atoms with Crippen molar-refractivity contribution in [1.82, 2.24) is 15.0 Å². The fourth-order valence-corrected chi connectivity index (χ4v) is 3.64. The highest BCUT2D eigenvalue weighted by atomic mass is 35.6. The lowest BCUT2D eigenvalue weighted by Gasteiger charge is -2.15. The third kappa shape index (κ3) is 5.79. The van der Waals surface area contributed by atoms with Crippen LogP contribution in [0.4, 0.5) is 0 Å². The van der Waals surface area contributed by atoms with Crippen molar-refractivity contribution in [3.8, 4) is 17.1 Å². The monoisotopic (exact) mass is 545 g/mol. The Balaban J connectivity index is 1.95. The molecule has 3 rings (SSSR count). The van der Waals surface area contributed by atoms with Crippen molar-refractivity contribution in [3.05, 3.63) is 66.2 Å². The number of hydrogen-bond donors (Lipinski definition) is 0. The first-order valence-electron chi connectivity index (χ1n) is 7.87. The van der Waals surface area contributed by atoms with Crippen LogP contribution in [-0.2, 0) is 17.7 Å². The third-order valence-electron chi connectivity index (χ3n) is 3.49. The Labute approximate surface area is 202 Å². The minimum atomic E-state index is -3.99. The minimum absolute atomic E-state index is 0.0196. The number of aromatic nitrogens is 3.